The molecule has 0 radical (unpaired) electrons. The fourth-order valence-electron chi connectivity index (χ4n) is 6.97. The molecule has 4 aliphatic rings. The zero-order valence-corrected chi connectivity index (χ0v) is 24.2. The minimum absolute atomic E-state index is 0.162. The number of aliphatic carboxylic acids is 1. The molecule has 0 spiro atoms. The van der Waals surface area contributed by atoms with Crippen LogP contribution in [0.5, 0.6) is 0 Å². The van der Waals surface area contributed by atoms with Gasteiger partial charge in [-0.3, -0.25) is 0 Å². The number of fused-ring (bicyclic) bond motifs is 2. The average molecular weight is 550 g/mol. The summed E-state index contributed by atoms with van der Waals surface area (Å²) in [5, 5.41) is 9.07. The quantitative estimate of drug-likeness (QED) is 0.221. The zero-order valence-electron chi connectivity index (χ0n) is 22.5. The van der Waals surface area contributed by atoms with Crippen molar-refractivity contribution in [2.45, 2.75) is 98.8 Å². The van der Waals surface area contributed by atoms with Gasteiger partial charge in [0.1, 0.15) is 0 Å². The summed E-state index contributed by atoms with van der Waals surface area (Å²) in [7, 11) is 0. The second-order valence-corrected chi connectivity index (χ2v) is 12.2. The van der Waals surface area contributed by atoms with Gasteiger partial charge in [0.05, 0.1) is 0 Å². The zero-order chi connectivity index (χ0) is 26.4. The first-order valence-corrected chi connectivity index (χ1v) is 14.7. The molecule has 2 saturated carbocycles. The molecule has 0 aromatic rings. The molecular weight excluding hydrogens is 503 g/mol. The molecule has 0 aliphatic heterocycles. The third-order valence-corrected chi connectivity index (χ3v) is 9.95. The van der Waals surface area contributed by atoms with Gasteiger partial charge in [-0.1, -0.05) is 69.7 Å². The van der Waals surface area contributed by atoms with Crippen molar-refractivity contribution < 1.29 is 17.6 Å². The van der Waals surface area contributed by atoms with Gasteiger partial charge in [0.15, 0.2) is 0 Å². The van der Waals surface area contributed by atoms with E-state index in [-0.39, 0.29) is 11.3 Å². The van der Waals surface area contributed by atoms with E-state index in [1.807, 2.05) is 0 Å². The Kier molecular flexibility index (Phi) is 10.8. The Hall–Kier alpha value is -1.45. The molecule has 5 heteroatoms. The van der Waals surface area contributed by atoms with Gasteiger partial charge >= 0.3 is 28.5 Å². The first kappa shape index (κ1) is 29.8. The fraction of sp³-hybridized carbons (Fsp3) is 0.700. The molecule has 4 rings (SSSR count). The fourth-order valence-corrected chi connectivity index (χ4v) is 6.97. The summed E-state index contributed by atoms with van der Waals surface area (Å²) in [4.78, 5) is 11.0. The Morgan fingerprint density at radius 1 is 0.886 bits per heavy atom. The minimum atomic E-state index is -1.62. The molecule has 196 valence electrons. The molecule has 0 aromatic carbocycles. The summed E-state index contributed by atoms with van der Waals surface area (Å²) in [5.74, 6) is 1.63. The van der Waals surface area contributed by atoms with Gasteiger partial charge in [-0.15, -0.1) is 0 Å². The number of carboxylic acid groups (broad SMARTS) is 1. The van der Waals surface area contributed by atoms with Crippen LogP contribution in [0.4, 0.5) is 0 Å². The summed E-state index contributed by atoms with van der Waals surface area (Å²) in [6, 6.07) is 0. The molecule has 0 heterocycles. The normalized spacial score (nSPS) is 35.7. The summed E-state index contributed by atoms with van der Waals surface area (Å²) in [5.41, 5.74) is 5.81. The van der Waals surface area contributed by atoms with Crippen molar-refractivity contribution in [2.24, 2.45) is 34.5 Å². The topological polar surface area (TPSA) is 71.4 Å². The van der Waals surface area contributed by atoms with E-state index in [1.165, 1.54) is 50.5 Å². The molecule has 35 heavy (non-hydrogen) atoms. The molecule has 6 atom stereocenters. The number of carbonyl (C=O) groups is 1. The van der Waals surface area contributed by atoms with Crippen molar-refractivity contribution >= 4 is 20.8 Å². The molecule has 1 N–H and O–H groups in total. The number of hydrogen-bond donors (Lipinski definition) is 1. The van der Waals surface area contributed by atoms with Crippen molar-refractivity contribution in [3.8, 4) is 0 Å². The van der Waals surface area contributed by atoms with Crippen LogP contribution in [0.2, 0.25) is 0 Å². The number of carboxylic acids is 1. The van der Waals surface area contributed by atoms with E-state index in [9.17, 15) is 4.79 Å². The van der Waals surface area contributed by atoms with Crippen LogP contribution in [0.1, 0.15) is 98.8 Å². The molecule has 0 saturated heterocycles. The second-order valence-electron chi connectivity index (χ2n) is 11.9. The van der Waals surface area contributed by atoms with Crippen molar-refractivity contribution in [1.82, 2.24) is 0 Å². The van der Waals surface area contributed by atoms with Crippen LogP contribution < -0.4 is 0 Å². The van der Waals surface area contributed by atoms with Crippen LogP contribution in [0.3, 0.4) is 0 Å². The van der Waals surface area contributed by atoms with E-state index in [0.717, 1.165) is 31.1 Å². The second kappa shape index (κ2) is 12.7. The van der Waals surface area contributed by atoms with Crippen LogP contribution in [0.15, 0.2) is 47.6 Å². The summed E-state index contributed by atoms with van der Waals surface area (Å²) >= 11 is -1.62. The summed E-state index contributed by atoms with van der Waals surface area (Å²) in [6.45, 7) is 19.6. The third-order valence-electron chi connectivity index (χ3n) is 9.95. The van der Waals surface area contributed by atoms with E-state index in [4.69, 9.17) is 12.8 Å². The third kappa shape index (κ3) is 6.86. The Morgan fingerprint density at radius 3 is 1.69 bits per heavy atom. The van der Waals surface area contributed by atoms with Crippen LogP contribution in [0.25, 0.3) is 0 Å². The van der Waals surface area contributed by atoms with Crippen molar-refractivity contribution in [1.29, 1.82) is 0 Å². The van der Waals surface area contributed by atoms with E-state index < -0.39 is 20.8 Å². The van der Waals surface area contributed by atoms with Gasteiger partial charge in [-0.25, -0.2) is 4.79 Å². The van der Waals surface area contributed by atoms with Crippen LogP contribution in [0, 0.1) is 34.5 Å². The predicted molar refractivity (Wildman–Crippen MR) is 143 cm³/mol. The summed E-state index contributed by atoms with van der Waals surface area (Å²) < 4.78 is 16.9. The Morgan fingerprint density at radius 2 is 1.29 bits per heavy atom. The van der Waals surface area contributed by atoms with Gasteiger partial charge in [-0.05, 0) is 106 Å². The molecule has 2 unspecified atom stereocenters. The van der Waals surface area contributed by atoms with Gasteiger partial charge < -0.3 is 5.11 Å². The molecule has 4 nitrogen and oxygen atoms in total. The van der Waals surface area contributed by atoms with E-state index in [1.54, 1.807) is 11.1 Å². The first-order chi connectivity index (χ1) is 16.4. The summed E-state index contributed by atoms with van der Waals surface area (Å²) in [6.07, 6.45) is 17.0. The Balaban J connectivity index is 0.000000223. The van der Waals surface area contributed by atoms with Gasteiger partial charge in [0.2, 0.25) is 0 Å². The van der Waals surface area contributed by atoms with Crippen molar-refractivity contribution in [3.05, 3.63) is 47.6 Å². The molecule has 0 bridgehead atoms. The van der Waals surface area contributed by atoms with Crippen molar-refractivity contribution in [3.63, 3.8) is 0 Å². The molecule has 2 fully saturated rings. The number of rotatable bonds is 3. The molecule has 0 amide bonds. The average Bonchev–Trinajstić information content (AvgIpc) is 2.80. The monoisotopic (exact) mass is 550 g/mol. The molecule has 0 aromatic heterocycles. The SMILES string of the molecule is C=C(C(=O)O)C1CCC2=CCC[C@@H](C)[C@]2(C)C1.C=C(C)C1CCC2=CCC[C@@H](C)[C@]2(C)C1.O=[Se]=O. The Labute approximate surface area is 219 Å². The number of hydrogen-bond acceptors (Lipinski definition) is 3. The molecular formula is C30H46O4Se. The predicted octanol–water partition coefficient (Wildman–Crippen LogP) is 7.90. The van der Waals surface area contributed by atoms with Crippen LogP contribution in [-0.4, -0.2) is 25.9 Å². The van der Waals surface area contributed by atoms with E-state index >= 15 is 0 Å². The van der Waals surface area contributed by atoms with Gasteiger partial charge in [0.25, 0.3) is 0 Å². The maximum absolute atomic E-state index is 11.0. The van der Waals surface area contributed by atoms with E-state index in [0.29, 0.717) is 16.9 Å². The molecule has 4 aliphatic carbocycles. The van der Waals surface area contributed by atoms with Crippen LogP contribution in [-0.2, 0) is 12.5 Å². The van der Waals surface area contributed by atoms with Gasteiger partial charge in [0, 0.05) is 5.57 Å². The maximum atomic E-state index is 11.0. The standard InChI is InChI=1S/C15H22O2.C15H24.O2Se/c1-10-5-4-6-13-8-7-12(9-15(10,13)3)11(2)14(16)17;1-11(2)13-8-9-14-7-5-6-12(3)15(14,4)10-13;1-3-2/h6,10,12H,2,4-5,7-9H2,1,3H3,(H,16,17);7,12-13H,1,5-6,8-10H2,2-4H3;/t10-,12?,15+;12-,13?,15+;/m11./s1. The first-order valence-electron chi connectivity index (χ1n) is 13.3. The number of allylic oxidation sites excluding steroid dienone is 5. The van der Waals surface area contributed by atoms with E-state index in [2.05, 4.69) is 59.9 Å². The van der Waals surface area contributed by atoms with Crippen molar-refractivity contribution in [2.75, 3.05) is 0 Å². The Bertz CT molecular complexity index is 909. The van der Waals surface area contributed by atoms with Crippen LogP contribution >= 0.6 is 0 Å². The van der Waals surface area contributed by atoms with Gasteiger partial charge in [-0.2, -0.15) is 0 Å².